The van der Waals surface area contributed by atoms with Crippen molar-refractivity contribution in [2.24, 2.45) is 0 Å². The Labute approximate surface area is 158 Å². The molecule has 0 atom stereocenters. The van der Waals surface area contributed by atoms with E-state index in [0.29, 0.717) is 11.3 Å². The normalized spacial score (nSPS) is 10.8. The van der Waals surface area contributed by atoms with Gasteiger partial charge in [0.2, 0.25) is 5.91 Å². The van der Waals surface area contributed by atoms with Crippen LogP contribution in [0.3, 0.4) is 0 Å². The molecule has 0 aliphatic heterocycles. The Hall–Kier alpha value is -1.83. The molecule has 0 fully saturated rings. The lowest BCUT2D eigenvalue weighted by Crippen LogP contribution is -2.08. The quantitative estimate of drug-likeness (QED) is 0.478. The Morgan fingerprint density at radius 3 is 2.72 bits per heavy atom. The third-order valence-electron chi connectivity index (χ3n) is 3.44. The molecule has 0 unspecified atom stereocenters. The van der Waals surface area contributed by atoms with E-state index in [9.17, 15) is 9.59 Å². The van der Waals surface area contributed by atoms with Crippen LogP contribution in [0.5, 0.6) is 0 Å². The van der Waals surface area contributed by atoms with E-state index < -0.39 is 0 Å². The number of hydrogen-bond acceptors (Lipinski definition) is 6. The van der Waals surface area contributed by atoms with Crippen LogP contribution >= 0.6 is 34.9 Å². The third kappa shape index (κ3) is 4.42. The minimum atomic E-state index is -0.124. The molecule has 2 aromatic carbocycles. The van der Waals surface area contributed by atoms with Crippen molar-refractivity contribution in [3.63, 3.8) is 0 Å². The van der Waals surface area contributed by atoms with Crippen molar-refractivity contribution in [2.75, 3.05) is 17.3 Å². The molecule has 3 aromatic rings. The number of nitrogens with one attached hydrogen (secondary N) is 1. The summed E-state index contributed by atoms with van der Waals surface area (Å²) in [6.07, 6.45) is 1.92. The summed E-state index contributed by atoms with van der Waals surface area (Å²) in [6, 6.07) is 13.3. The molecule has 0 bridgehead atoms. The number of hydrogen-bond donors (Lipinski definition) is 1. The summed E-state index contributed by atoms with van der Waals surface area (Å²) in [4.78, 5) is 29.1. The number of carbonyl (C=O) groups excluding carboxylic acids is 2. The second-order valence-electron chi connectivity index (χ2n) is 5.26. The van der Waals surface area contributed by atoms with Crippen molar-refractivity contribution in [1.82, 2.24) is 4.98 Å². The van der Waals surface area contributed by atoms with Crippen molar-refractivity contribution < 1.29 is 9.59 Å². The van der Waals surface area contributed by atoms with Crippen LogP contribution in [0.25, 0.3) is 10.2 Å². The average Bonchev–Trinajstić information content (AvgIpc) is 3.02. The molecular weight excluding hydrogens is 372 g/mol. The zero-order valence-corrected chi connectivity index (χ0v) is 16.2. The SMILES string of the molecule is CSc1cc(C(=O)CSc2nc3ccccc3s2)ccc1NC(C)=O. The first-order valence-electron chi connectivity index (χ1n) is 7.54. The van der Waals surface area contributed by atoms with Gasteiger partial charge >= 0.3 is 0 Å². The zero-order chi connectivity index (χ0) is 17.8. The van der Waals surface area contributed by atoms with Crippen LogP contribution in [0.1, 0.15) is 17.3 Å². The Bertz CT molecular complexity index is 904. The molecule has 1 aromatic heterocycles. The smallest absolute Gasteiger partial charge is 0.221 e. The highest BCUT2D eigenvalue weighted by Gasteiger charge is 2.12. The van der Waals surface area contributed by atoms with Crippen LogP contribution in [0.2, 0.25) is 0 Å². The molecule has 25 heavy (non-hydrogen) atoms. The number of para-hydroxylation sites is 1. The number of amides is 1. The Morgan fingerprint density at radius 2 is 2.00 bits per heavy atom. The van der Waals surface area contributed by atoms with E-state index in [0.717, 1.165) is 25.1 Å². The number of carbonyl (C=O) groups is 2. The lowest BCUT2D eigenvalue weighted by molar-refractivity contribution is -0.114. The van der Waals surface area contributed by atoms with E-state index in [1.807, 2.05) is 36.6 Å². The number of thioether (sulfide) groups is 2. The zero-order valence-electron chi connectivity index (χ0n) is 13.7. The standard InChI is InChI=1S/C18H16N2O2S3/c1-11(21)19-14-8-7-12(9-17(14)23-2)15(22)10-24-18-20-13-5-3-4-6-16(13)25-18/h3-9H,10H2,1-2H3,(H,19,21). The largest absolute Gasteiger partial charge is 0.325 e. The van der Waals surface area contributed by atoms with Crippen LogP contribution in [-0.4, -0.2) is 28.7 Å². The van der Waals surface area contributed by atoms with E-state index >= 15 is 0 Å². The molecule has 1 heterocycles. The molecule has 128 valence electrons. The van der Waals surface area contributed by atoms with Gasteiger partial charge in [-0.1, -0.05) is 23.9 Å². The van der Waals surface area contributed by atoms with E-state index in [4.69, 9.17) is 0 Å². The van der Waals surface area contributed by atoms with Gasteiger partial charge in [-0.15, -0.1) is 23.1 Å². The number of anilines is 1. The molecule has 0 radical (unpaired) electrons. The van der Waals surface area contributed by atoms with Crippen LogP contribution < -0.4 is 5.32 Å². The second kappa shape index (κ2) is 8.03. The number of benzene rings is 2. The van der Waals surface area contributed by atoms with Crippen LogP contribution in [0.4, 0.5) is 5.69 Å². The summed E-state index contributed by atoms with van der Waals surface area (Å²) < 4.78 is 2.02. The molecule has 4 nitrogen and oxygen atoms in total. The predicted octanol–water partition coefficient (Wildman–Crippen LogP) is 4.95. The van der Waals surface area contributed by atoms with Crippen LogP contribution in [-0.2, 0) is 4.79 Å². The summed E-state index contributed by atoms with van der Waals surface area (Å²) in [6.45, 7) is 1.47. The lowest BCUT2D eigenvalue weighted by Gasteiger charge is -2.09. The molecule has 0 saturated carbocycles. The molecule has 1 N–H and O–H groups in total. The molecule has 0 spiro atoms. The fraction of sp³-hybridized carbons (Fsp3) is 0.167. The Kier molecular flexibility index (Phi) is 5.78. The van der Waals surface area contributed by atoms with E-state index in [1.165, 1.54) is 30.4 Å². The highest BCUT2D eigenvalue weighted by molar-refractivity contribution is 8.01. The third-order valence-corrected chi connectivity index (χ3v) is 6.39. The molecule has 0 aliphatic carbocycles. The van der Waals surface area contributed by atoms with Crippen LogP contribution in [0, 0.1) is 0 Å². The van der Waals surface area contributed by atoms with E-state index in [1.54, 1.807) is 23.5 Å². The van der Waals surface area contributed by atoms with Gasteiger partial charge < -0.3 is 5.32 Å². The topological polar surface area (TPSA) is 59.1 Å². The van der Waals surface area contributed by atoms with Gasteiger partial charge in [0.05, 0.1) is 21.7 Å². The molecule has 3 rings (SSSR count). The van der Waals surface area contributed by atoms with Gasteiger partial charge in [0.25, 0.3) is 0 Å². The van der Waals surface area contributed by atoms with Gasteiger partial charge in [0.1, 0.15) is 0 Å². The van der Waals surface area contributed by atoms with Gasteiger partial charge in [-0.3, -0.25) is 9.59 Å². The minimum absolute atomic E-state index is 0.0499. The first kappa shape index (κ1) is 18.0. The number of fused-ring (bicyclic) bond motifs is 1. The molecule has 1 amide bonds. The maximum Gasteiger partial charge on any atom is 0.221 e. The van der Waals surface area contributed by atoms with Gasteiger partial charge in [0, 0.05) is 17.4 Å². The summed E-state index contributed by atoms with van der Waals surface area (Å²) in [5.74, 6) is 0.266. The minimum Gasteiger partial charge on any atom is -0.325 e. The maximum absolute atomic E-state index is 12.5. The van der Waals surface area contributed by atoms with Gasteiger partial charge in [-0.05, 0) is 36.6 Å². The van der Waals surface area contributed by atoms with Crippen LogP contribution in [0.15, 0.2) is 51.7 Å². The average molecular weight is 389 g/mol. The summed E-state index contributed by atoms with van der Waals surface area (Å²) in [7, 11) is 0. The summed E-state index contributed by atoms with van der Waals surface area (Å²) in [5.41, 5.74) is 2.34. The Balaban J connectivity index is 1.71. The number of ketones is 1. The first-order valence-corrected chi connectivity index (χ1v) is 10.6. The lowest BCUT2D eigenvalue weighted by atomic mass is 10.1. The van der Waals surface area contributed by atoms with Crippen molar-refractivity contribution in [2.45, 2.75) is 16.2 Å². The van der Waals surface area contributed by atoms with Gasteiger partial charge in [-0.2, -0.15) is 0 Å². The van der Waals surface area contributed by atoms with E-state index in [2.05, 4.69) is 10.3 Å². The van der Waals surface area contributed by atoms with Gasteiger partial charge in [0.15, 0.2) is 10.1 Å². The number of nitrogens with zero attached hydrogens (tertiary/aromatic N) is 1. The molecular formula is C18H16N2O2S3. The fourth-order valence-electron chi connectivity index (χ4n) is 2.28. The monoisotopic (exact) mass is 388 g/mol. The molecule has 0 aliphatic rings. The van der Waals surface area contributed by atoms with Crippen molar-refractivity contribution in [3.05, 3.63) is 48.0 Å². The molecule has 7 heteroatoms. The Morgan fingerprint density at radius 1 is 1.20 bits per heavy atom. The second-order valence-corrected chi connectivity index (χ2v) is 8.36. The fourth-order valence-corrected chi connectivity index (χ4v) is 4.83. The highest BCUT2D eigenvalue weighted by atomic mass is 32.2. The van der Waals surface area contributed by atoms with E-state index in [-0.39, 0.29) is 11.7 Å². The maximum atomic E-state index is 12.5. The predicted molar refractivity (Wildman–Crippen MR) is 107 cm³/mol. The number of aromatic nitrogens is 1. The van der Waals surface area contributed by atoms with Crippen molar-refractivity contribution in [3.8, 4) is 0 Å². The van der Waals surface area contributed by atoms with Crippen molar-refractivity contribution >= 4 is 62.5 Å². The van der Waals surface area contributed by atoms with Gasteiger partial charge in [-0.25, -0.2) is 4.98 Å². The highest BCUT2D eigenvalue weighted by Crippen LogP contribution is 2.31. The van der Waals surface area contributed by atoms with Crippen molar-refractivity contribution in [1.29, 1.82) is 0 Å². The molecule has 0 saturated heterocycles. The number of rotatable bonds is 6. The summed E-state index contributed by atoms with van der Waals surface area (Å²) in [5, 5.41) is 2.78. The number of Topliss-reactive ketones (excluding diaryl/α,β-unsaturated/α-hetero) is 1. The summed E-state index contributed by atoms with van der Waals surface area (Å²) >= 11 is 4.56. The first-order chi connectivity index (χ1) is 12.1. The number of thiazole rings is 1.